The van der Waals surface area contributed by atoms with Crippen molar-refractivity contribution in [3.05, 3.63) is 5.21 Å². The zero-order valence-corrected chi connectivity index (χ0v) is 8.99. The van der Waals surface area contributed by atoms with E-state index in [-0.39, 0.29) is 28.7 Å². The summed E-state index contributed by atoms with van der Waals surface area (Å²) in [5, 5.41) is 10.1. The van der Waals surface area contributed by atoms with Crippen LogP contribution in [0.15, 0.2) is 0 Å². The van der Waals surface area contributed by atoms with E-state index in [1.165, 1.54) is 24.3 Å². The molecule has 0 unspecified atom stereocenters. The summed E-state index contributed by atoms with van der Waals surface area (Å²) in [6.07, 6.45) is -0.786. The first-order chi connectivity index (χ1) is 7.22. The van der Waals surface area contributed by atoms with Gasteiger partial charge in [0.1, 0.15) is 12.2 Å². The van der Waals surface area contributed by atoms with E-state index in [1.54, 1.807) is 0 Å². The van der Waals surface area contributed by atoms with Crippen LogP contribution in [0.1, 0.15) is 6.92 Å². The predicted octanol–water partition coefficient (Wildman–Crippen LogP) is -1.42. The molecule has 15 heavy (non-hydrogen) atoms. The van der Waals surface area contributed by atoms with Gasteiger partial charge >= 0.3 is 0 Å². The first kappa shape index (κ1) is 11.3. The van der Waals surface area contributed by atoms with Gasteiger partial charge in [-0.15, -0.1) is 4.84 Å². The minimum absolute atomic E-state index is 0.00718. The van der Waals surface area contributed by atoms with E-state index in [0.29, 0.717) is 13.2 Å². The molecule has 2 fully saturated rings. The van der Waals surface area contributed by atoms with E-state index in [2.05, 4.69) is 0 Å². The molecule has 0 aromatic rings. The normalized spacial score (nSPS) is 39.3. The van der Waals surface area contributed by atoms with Crippen LogP contribution in [0.4, 0.5) is 0 Å². The van der Waals surface area contributed by atoms with Crippen molar-refractivity contribution < 1.29 is 24.7 Å². The lowest BCUT2D eigenvalue weighted by molar-refractivity contribution is -0.860. The van der Waals surface area contributed by atoms with E-state index in [0.717, 1.165) is 0 Å². The van der Waals surface area contributed by atoms with E-state index < -0.39 is 0 Å². The van der Waals surface area contributed by atoms with Crippen molar-refractivity contribution in [3.8, 4) is 0 Å². The average molecular weight is 234 g/mol. The highest BCUT2D eigenvalue weighted by atomic mass is 32.2. The Morgan fingerprint density at radius 2 is 2.20 bits per heavy atom. The fourth-order valence-corrected chi connectivity index (χ4v) is 2.85. The summed E-state index contributed by atoms with van der Waals surface area (Å²) in [4.78, 5) is 15.7. The van der Waals surface area contributed by atoms with Gasteiger partial charge in [-0.05, 0) is 5.64 Å². The smallest absolute Gasteiger partial charge is 0.186 e. The number of hydrogen-bond donors (Lipinski definition) is 1. The molecule has 0 aliphatic carbocycles. The lowest BCUT2D eigenvalue weighted by atomic mass is 10.1. The first-order valence-corrected chi connectivity index (χ1v) is 5.53. The number of carbonyl (C=O) groups excluding carboxylic acids is 1. The van der Waals surface area contributed by atoms with Crippen molar-refractivity contribution in [3.63, 3.8) is 0 Å². The first-order valence-electron chi connectivity index (χ1n) is 4.65. The molecule has 1 N–H and O–H groups in total. The van der Waals surface area contributed by atoms with E-state index in [1.807, 2.05) is 0 Å². The van der Waals surface area contributed by atoms with Crippen LogP contribution in [0.3, 0.4) is 0 Å². The molecule has 6 nitrogen and oxygen atoms in total. The van der Waals surface area contributed by atoms with Crippen molar-refractivity contribution in [2.75, 3.05) is 13.2 Å². The van der Waals surface area contributed by atoms with Gasteiger partial charge in [0.15, 0.2) is 11.2 Å². The standard InChI is InChI=1S/C8H12NO5S/c1-4(10)15-6-3-13-7-5(14-9-11)2-12-8(6)7/h5-9H,2-3H2,1H3/t5-,6+,7-,8-/m1/s1. The van der Waals surface area contributed by atoms with Crippen molar-refractivity contribution in [1.29, 1.82) is 0 Å². The van der Waals surface area contributed by atoms with Gasteiger partial charge in [-0.2, -0.15) is 0 Å². The molecular formula is C8H12NO5S. The quantitative estimate of drug-likeness (QED) is 0.603. The highest BCUT2D eigenvalue weighted by Gasteiger charge is 2.50. The molecule has 4 atom stereocenters. The van der Waals surface area contributed by atoms with Crippen LogP contribution in [0.5, 0.6) is 0 Å². The van der Waals surface area contributed by atoms with Gasteiger partial charge in [0.25, 0.3) is 0 Å². The SMILES string of the molecule is CC(=O)S[C@H]1CO[C@H]2[C@@H]1OC[C@H]2O[NH+][O-]. The number of carbonyl (C=O) groups is 1. The van der Waals surface area contributed by atoms with Crippen molar-refractivity contribution in [1.82, 2.24) is 0 Å². The van der Waals surface area contributed by atoms with Gasteiger partial charge < -0.3 is 14.7 Å². The summed E-state index contributed by atoms with van der Waals surface area (Å²) < 4.78 is 10.9. The monoisotopic (exact) mass is 234 g/mol. The Labute approximate surface area is 91.2 Å². The summed E-state index contributed by atoms with van der Waals surface area (Å²) in [5.41, 5.74) is 1.39. The van der Waals surface area contributed by atoms with Crippen molar-refractivity contribution >= 4 is 16.9 Å². The molecule has 7 heteroatoms. The fourth-order valence-electron chi connectivity index (χ4n) is 1.91. The second kappa shape index (κ2) is 4.77. The fraction of sp³-hybridized carbons (Fsp3) is 0.875. The Bertz CT molecular complexity index is 251. The van der Waals surface area contributed by atoms with Crippen LogP contribution in [0.25, 0.3) is 0 Å². The molecule has 0 bridgehead atoms. The summed E-state index contributed by atoms with van der Waals surface area (Å²) >= 11 is 1.22. The van der Waals surface area contributed by atoms with Crippen LogP contribution >= 0.6 is 11.8 Å². The Balaban J connectivity index is 1.93. The maximum atomic E-state index is 11.0. The maximum Gasteiger partial charge on any atom is 0.186 e. The second-order valence-electron chi connectivity index (χ2n) is 3.48. The zero-order chi connectivity index (χ0) is 10.8. The molecule has 0 spiro atoms. The van der Waals surface area contributed by atoms with Crippen LogP contribution in [0, 0.1) is 5.21 Å². The molecule has 2 heterocycles. The number of thioether (sulfide) groups is 1. The minimum Gasteiger partial charge on any atom is -0.546 e. The predicted molar refractivity (Wildman–Crippen MR) is 50.7 cm³/mol. The van der Waals surface area contributed by atoms with Crippen molar-refractivity contribution in [2.24, 2.45) is 0 Å². The third-order valence-electron chi connectivity index (χ3n) is 2.48. The molecule has 0 aromatic carbocycles. The summed E-state index contributed by atoms with van der Waals surface area (Å²) in [6.45, 7) is 2.29. The zero-order valence-electron chi connectivity index (χ0n) is 8.17. The van der Waals surface area contributed by atoms with Crippen LogP contribution in [0.2, 0.25) is 0 Å². The van der Waals surface area contributed by atoms with Crippen LogP contribution in [-0.4, -0.2) is 41.9 Å². The second-order valence-corrected chi connectivity index (χ2v) is 4.90. The minimum atomic E-state index is -0.384. The maximum absolute atomic E-state index is 11.0. The lowest BCUT2D eigenvalue weighted by Gasteiger charge is -2.13. The molecule has 1 radical (unpaired) electrons. The topological polar surface area (TPSA) is 83.4 Å². The Morgan fingerprint density at radius 3 is 2.87 bits per heavy atom. The third kappa shape index (κ3) is 2.32. The molecule has 2 aliphatic rings. The summed E-state index contributed by atoms with van der Waals surface area (Å²) in [7, 11) is 0. The molecule has 0 amide bonds. The molecule has 0 saturated carbocycles. The Morgan fingerprint density at radius 1 is 1.47 bits per heavy atom. The average Bonchev–Trinajstić information content (AvgIpc) is 2.71. The van der Waals surface area contributed by atoms with Crippen LogP contribution < -0.4 is 5.64 Å². The summed E-state index contributed by atoms with van der Waals surface area (Å²) in [5.74, 6) is 0. The molecule has 2 saturated heterocycles. The van der Waals surface area contributed by atoms with Crippen molar-refractivity contribution in [2.45, 2.75) is 30.5 Å². The largest absolute Gasteiger partial charge is 0.546 e. The molecule has 2 rings (SSSR count). The number of fused-ring (bicyclic) bond motifs is 1. The van der Waals surface area contributed by atoms with E-state index in [4.69, 9.17) is 14.3 Å². The molecule has 0 aromatic heterocycles. The Kier molecular flexibility index (Phi) is 3.60. The lowest BCUT2D eigenvalue weighted by Crippen LogP contribution is -2.78. The van der Waals surface area contributed by atoms with Gasteiger partial charge in [-0.25, -0.2) is 0 Å². The third-order valence-corrected chi connectivity index (χ3v) is 3.52. The van der Waals surface area contributed by atoms with Gasteiger partial charge in [0.05, 0.1) is 18.5 Å². The number of nitrogens with one attached hydrogen (secondary N) is 1. The van der Waals surface area contributed by atoms with Crippen LogP contribution in [-0.2, 0) is 19.1 Å². The highest BCUT2D eigenvalue weighted by molar-refractivity contribution is 8.14. The van der Waals surface area contributed by atoms with E-state index >= 15 is 0 Å². The molecule has 2 aliphatic heterocycles. The number of ether oxygens (including phenoxy) is 2. The number of hydrogen-bond acceptors (Lipinski definition) is 7. The van der Waals surface area contributed by atoms with E-state index in [9.17, 15) is 10.0 Å². The highest BCUT2D eigenvalue weighted by Crippen LogP contribution is 2.34. The van der Waals surface area contributed by atoms with Gasteiger partial charge in [0.2, 0.25) is 0 Å². The van der Waals surface area contributed by atoms with Gasteiger partial charge in [-0.1, -0.05) is 11.8 Å². The number of rotatable bonds is 3. The molecular weight excluding hydrogens is 222 g/mol. The molecule has 85 valence electrons. The van der Waals surface area contributed by atoms with Gasteiger partial charge in [0, 0.05) is 6.92 Å². The Hall–Kier alpha value is -0.180. The van der Waals surface area contributed by atoms with Gasteiger partial charge in [-0.3, -0.25) is 4.79 Å². The summed E-state index contributed by atoms with van der Waals surface area (Å²) in [6, 6.07) is 0.